The molecule has 3 saturated heterocycles. The standard InChI is InChI=1S/C17H24ClNO4.C16H23BrClNO3.C16H22ClNO3.C12H16ClNO2.C9H10ClNO2.C9H12ClNO.C7H13BrO3.CH4/c1-17(2,3)23-16(21)19-9-15(10-20)22-11-14(19)8-12-4-6-13(18)7-5-12;1-16(2,3)22-10-14(17)15(21)19-13(9-20)8-11-4-6-12(18)7-5-11;1-16(2,3)21-10-14-15(19)18-13(9-20-14)8-11-4-6-12(17)7-5-11;13-10-3-1-9(2-4-10)5-11-8-16-12(7-15)6-14-11;10-7-3-1-6(2-4-7)5-8(11)9(12)13;10-8-3-1-7(2-4-8)5-9(11)6-12;1-7(2,3)11-4-5(8)6(9)10;/h4-7,14-15,20H,8-11H2,1-3H3;4-7,13-14,20H,8-10H2,1-3H3,(H,19,21);4-7,13-14H,8-10H2,1-3H3,(H,18,19);1-4,11-12,14-15H,5-8H2;1-4,8H,5,11H2,(H,12,13);1-4,9,12H,5-6,11H2;5H,4H2,1-3H3,(H,9,10);1H4/t14-,15+;13?,14-;13-,14-;11-,12+;;;5-;/m0100..1./s1. The summed E-state index contributed by atoms with van der Waals surface area (Å²) >= 11 is 41.1. The Bertz CT molecular complexity index is 3840. The number of aliphatic hydroxyl groups is 4. The zero-order valence-electron chi connectivity index (χ0n) is 69.1. The number of nitrogens with two attached hydrogens (primary N) is 2. The summed E-state index contributed by atoms with van der Waals surface area (Å²) in [7, 11) is 0. The van der Waals surface area contributed by atoms with E-state index in [0.717, 1.165) is 57.2 Å². The van der Waals surface area contributed by atoms with Gasteiger partial charge in [-0.2, -0.15) is 0 Å². The molecule has 3 unspecified atom stereocenters. The number of ether oxygens (including phenoxy) is 7. The van der Waals surface area contributed by atoms with Crippen LogP contribution in [0.2, 0.25) is 30.1 Å². The molecule has 13 N–H and O–H groups in total. The molecule has 0 bridgehead atoms. The number of amides is 3. The van der Waals surface area contributed by atoms with Crippen molar-refractivity contribution < 1.29 is 87.8 Å². The maximum atomic E-state index is 12.5. The van der Waals surface area contributed by atoms with E-state index in [-0.39, 0.29) is 125 Å². The monoisotopic (exact) mass is 1910 g/mol. The van der Waals surface area contributed by atoms with E-state index in [1.807, 2.05) is 192 Å². The van der Waals surface area contributed by atoms with Gasteiger partial charge in [0.25, 0.3) is 5.91 Å². The number of aliphatic carboxylic acids is 2. The summed E-state index contributed by atoms with van der Waals surface area (Å²) in [6.45, 7) is 26.0. The maximum Gasteiger partial charge on any atom is 0.410 e. The Kier molecular flexibility index (Phi) is 52.1. The van der Waals surface area contributed by atoms with Crippen molar-refractivity contribution in [2.75, 3.05) is 79.2 Å². The number of alkyl halides is 2. The highest BCUT2D eigenvalue weighted by molar-refractivity contribution is 9.10. The van der Waals surface area contributed by atoms with Crippen molar-refractivity contribution in [1.29, 1.82) is 0 Å². The third-order valence-electron chi connectivity index (χ3n) is 16.7. The van der Waals surface area contributed by atoms with E-state index in [4.69, 9.17) is 135 Å². The van der Waals surface area contributed by atoms with Crippen LogP contribution in [0.25, 0.3) is 0 Å². The number of carboxylic acids is 2. The summed E-state index contributed by atoms with van der Waals surface area (Å²) < 4.78 is 38.6. The second-order valence-corrected chi connectivity index (χ2v) is 36.8. The number of nitrogens with zero attached hydrogens (tertiary/aromatic N) is 1. The van der Waals surface area contributed by atoms with E-state index in [2.05, 4.69) is 47.8 Å². The summed E-state index contributed by atoms with van der Waals surface area (Å²) in [5.41, 5.74) is 15.9. The van der Waals surface area contributed by atoms with Crippen LogP contribution in [0.3, 0.4) is 0 Å². The molecule has 0 spiro atoms. The molecule has 3 aliphatic heterocycles. The van der Waals surface area contributed by atoms with Gasteiger partial charge >= 0.3 is 18.0 Å². The second kappa shape index (κ2) is 56.5. The normalized spacial score (nSPS) is 18.4. The SMILES string of the molecule is C.CC(C)(C)OC(=O)N1C[C@H](CO)OC[C@@H]1Cc1ccc(Cl)cc1.CC(C)(C)OC[C@@H](Br)C(=O)NC(CO)Cc1ccc(Cl)cc1.CC(C)(C)OC[C@@H](Br)C(=O)O.CC(C)(C)OC[C@@H]1OC[C@H](Cc2ccc(Cl)cc2)NC1=O.NC(CO)Cc1ccc(Cl)cc1.NC(Cc1ccc(Cl)cc1)C(=O)O.OC[C@H]1CN[C@@H](Cc2ccc(Cl)cc2)CO1. The van der Waals surface area contributed by atoms with Crippen LogP contribution in [0.15, 0.2) is 146 Å². The van der Waals surface area contributed by atoms with E-state index < -0.39 is 39.3 Å². The minimum absolute atomic E-state index is 0. The number of aliphatic hydroxyl groups excluding tert-OH is 4. The van der Waals surface area contributed by atoms with Gasteiger partial charge in [0.05, 0.1) is 120 Å². The number of nitrogens with one attached hydrogen (secondary N) is 3. The Labute approximate surface area is 749 Å². The Morgan fingerprint density at radius 3 is 1.26 bits per heavy atom. The first-order valence-corrected chi connectivity index (χ1v) is 42.6. The summed E-state index contributed by atoms with van der Waals surface area (Å²) in [5.74, 6) is -2.19. The van der Waals surface area contributed by atoms with Gasteiger partial charge in [-0.15, -0.1) is 0 Å². The molecule has 119 heavy (non-hydrogen) atoms. The Morgan fingerprint density at radius 1 is 0.504 bits per heavy atom. The number of carboxylic acid groups (broad SMARTS) is 2. The summed E-state index contributed by atoms with van der Waals surface area (Å²) in [6.07, 6.45) is 2.54. The third kappa shape index (κ3) is 50.3. The molecule has 0 aliphatic carbocycles. The number of hydrogen-bond acceptors (Lipinski definition) is 19. The van der Waals surface area contributed by atoms with Crippen molar-refractivity contribution in [3.63, 3.8) is 0 Å². The lowest BCUT2D eigenvalue weighted by molar-refractivity contribution is -0.150. The molecule has 0 saturated carbocycles. The summed E-state index contributed by atoms with van der Waals surface area (Å²) in [6, 6.07) is 43.6. The third-order valence-corrected chi connectivity index (χ3v) is 19.6. The zero-order valence-corrected chi connectivity index (χ0v) is 76.9. The van der Waals surface area contributed by atoms with Crippen molar-refractivity contribution in [2.24, 2.45) is 11.5 Å². The second-order valence-electron chi connectivity index (χ2n) is 32.0. The lowest BCUT2D eigenvalue weighted by atomic mass is 10.0. The average molecular weight is 1910 g/mol. The highest BCUT2D eigenvalue weighted by Gasteiger charge is 2.36. The fourth-order valence-electron chi connectivity index (χ4n) is 10.5. The van der Waals surface area contributed by atoms with Crippen LogP contribution in [0, 0.1) is 0 Å². The molecular formula is C87H124Br2Cl6N6O18. The largest absolute Gasteiger partial charge is 0.480 e. The number of carbonyl (C=O) groups is 5. The Balaban J connectivity index is 0.000000477. The molecule has 0 aromatic heterocycles. The lowest BCUT2D eigenvalue weighted by Gasteiger charge is -2.39. The van der Waals surface area contributed by atoms with E-state index in [9.17, 15) is 34.2 Å². The number of halogens is 8. The zero-order chi connectivity index (χ0) is 88.5. The smallest absolute Gasteiger partial charge is 0.410 e. The molecule has 666 valence electrons. The van der Waals surface area contributed by atoms with Crippen LogP contribution >= 0.6 is 101 Å². The number of benzene rings is 6. The molecule has 6 aromatic rings. The van der Waals surface area contributed by atoms with Crippen molar-refractivity contribution >= 4 is 131 Å². The van der Waals surface area contributed by atoms with Gasteiger partial charge in [-0.1, -0.05) is 182 Å². The Morgan fingerprint density at radius 2 is 0.891 bits per heavy atom. The van der Waals surface area contributed by atoms with Gasteiger partial charge in [-0.05, 0) is 228 Å². The topological polar surface area (TPSA) is 363 Å². The molecule has 32 heteroatoms. The molecule has 0 radical (unpaired) electrons. The van der Waals surface area contributed by atoms with Crippen LogP contribution < -0.4 is 27.4 Å². The molecule has 3 amide bonds. The molecule has 9 rings (SSSR count). The number of carbonyl (C=O) groups excluding carboxylic acids is 3. The van der Waals surface area contributed by atoms with Crippen LogP contribution in [-0.4, -0.2) is 231 Å². The van der Waals surface area contributed by atoms with Crippen LogP contribution in [0.5, 0.6) is 0 Å². The number of hydrogen-bond donors (Lipinski definition) is 11. The summed E-state index contributed by atoms with van der Waals surface area (Å²) in [5, 5.41) is 66.7. The minimum Gasteiger partial charge on any atom is -0.480 e. The number of morpholine rings is 3. The first-order chi connectivity index (χ1) is 55.2. The van der Waals surface area contributed by atoms with Crippen LogP contribution in [-0.2, 0) is 90.9 Å². The summed E-state index contributed by atoms with van der Waals surface area (Å²) in [4.78, 5) is 57.9. The van der Waals surface area contributed by atoms with Crippen molar-refractivity contribution in [3.05, 3.63) is 209 Å². The van der Waals surface area contributed by atoms with Crippen molar-refractivity contribution in [3.8, 4) is 0 Å². The fraction of sp³-hybridized carbons (Fsp3) is 0.529. The fourth-order valence-corrected chi connectivity index (χ4v) is 11.7. The number of rotatable bonds is 26. The van der Waals surface area contributed by atoms with Crippen molar-refractivity contribution in [1.82, 2.24) is 20.9 Å². The quantitative estimate of drug-likeness (QED) is 0.0225. The van der Waals surface area contributed by atoms with E-state index >= 15 is 0 Å². The predicted molar refractivity (Wildman–Crippen MR) is 481 cm³/mol. The van der Waals surface area contributed by atoms with Crippen LogP contribution in [0.1, 0.15) is 124 Å². The highest BCUT2D eigenvalue weighted by atomic mass is 79.9. The van der Waals surface area contributed by atoms with Crippen molar-refractivity contribution in [2.45, 2.75) is 216 Å². The highest BCUT2D eigenvalue weighted by Crippen LogP contribution is 2.24. The molecule has 3 heterocycles. The van der Waals surface area contributed by atoms with Gasteiger partial charge in [0.2, 0.25) is 5.91 Å². The first-order valence-electron chi connectivity index (χ1n) is 38.5. The Hall–Kier alpha value is -5.35. The van der Waals surface area contributed by atoms with Gasteiger partial charge in [-0.25, -0.2) is 4.79 Å². The van der Waals surface area contributed by atoms with Gasteiger partial charge in [0.15, 0.2) is 6.10 Å². The van der Waals surface area contributed by atoms with E-state index in [1.165, 1.54) is 5.56 Å². The molecule has 11 atom stereocenters. The molecule has 3 aliphatic rings. The average Bonchev–Trinajstić information content (AvgIpc) is 0.826. The minimum atomic E-state index is -0.991. The van der Waals surface area contributed by atoms with Crippen LogP contribution in [0.4, 0.5) is 4.79 Å². The van der Waals surface area contributed by atoms with E-state index in [0.29, 0.717) is 78.2 Å². The predicted octanol–water partition coefficient (Wildman–Crippen LogP) is 14.4. The van der Waals surface area contributed by atoms with E-state index in [1.54, 1.807) is 41.3 Å². The first kappa shape index (κ1) is 110. The molecule has 6 aromatic carbocycles. The van der Waals surface area contributed by atoms with Gasteiger partial charge < -0.3 is 91.2 Å². The maximum absolute atomic E-state index is 12.5. The molecule has 3 fully saturated rings. The molecular weight excluding hydrogens is 1790 g/mol. The molecule has 24 nitrogen and oxygen atoms in total. The van der Waals surface area contributed by atoms with Gasteiger partial charge in [-0.3, -0.25) is 24.1 Å². The van der Waals surface area contributed by atoms with Gasteiger partial charge in [0.1, 0.15) is 21.3 Å². The lowest BCUT2D eigenvalue weighted by Crippen LogP contribution is -2.55. The van der Waals surface area contributed by atoms with Gasteiger partial charge in [0, 0.05) is 48.8 Å².